The Morgan fingerprint density at radius 3 is 2.47 bits per heavy atom. The van der Waals surface area contributed by atoms with Crippen LogP contribution in [0.25, 0.3) is 5.70 Å². The fourth-order valence-electron chi connectivity index (χ4n) is 3.79. The second-order valence-electron chi connectivity index (χ2n) is 8.27. The molecule has 192 valence electrons. The van der Waals surface area contributed by atoms with Gasteiger partial charge in [-0.2, -0.15) is 13.2 Å². The highest BCUT2D eigenvalue weighted by Gasteiger charge is 2.35. The van der Waals surface area contributed by atoms with Crippen LogP contribution in [0.3, 0.4) is 0 Å². The third-order valence-corrected chi connectivity index (χ3v) is 5.80. The minimum Gasteiger partial charge on any atom is -0.493 e. The lowest BCUT2D eigenvalue weighted by Crippen LogP contribution is -2.34. The van der Waals surface area contributed by atoms with Crippen LogP contribution in [0, 0.1) is 5.92 Å². The summed E-state index contributed by atoms with van der Waals surface area (Å²) in [4.78, 5) is 4.87. The normalized spacial score (nSPS) is 18.1. The highest BCUT2D eigenvalue weighted by molar-refractivity contribution is 5.95. The van der Waals surface area contributed by atoms with Crippen molar-refractivity contribution in [2.45, 2.75) is 92.3 Å². The number of rotatable bonds is 11. The average molecular weight is 481 g/mol. The van der Waals surface area contributed by atoms with Crippen molar-refractivity contribution >= 4 is 11.4 Å². The van der Waals surface area contributed by atoms with Gasteiger partial charge >= 0.3 is 6.18 Å². The summed E-state index contributed by atoms with van der Waals surface area (Å²) in [5, 5.41) is 3.48. The highest BCUT2D eigenvalue weighted by atomic mass is 19.4. The summed E-state index contributed by atoms with van der Waals surface area (Å²) in [5.74, 6) is 0.121. The first-order valence-electron chi connectivity index (χ1n) is 12.8. The van der Waals surface area contributed by atoms with E-state index in [4.69, 9.17) is 9.73 Å². The summed E-state index contributed by atoms with van der Waals surface area (Å²) >= 11 is 0. The number of halogens is 3. The first-order valence-corrected chi connectivity index (χ1v) is 12.8. The largest absolute Gasteiger partial charge is 0.493 e. The lowest BCUT2D eigenvalue weighted by molar-refractivity contribution is -0.138. The number of alkyl halides is 3. The fraction of sp³-hybridized carbons (Fsp3) is 0.607. The van der Waals surface area contributed by atoms with Gasteiger partial charge in [0.1, 0.15) is 5.75 Å². The molecule has 1 saturated heterocycles. The van der Waals surface area contributed by atoms with E-state index in [2.05, 4.69) is 26.1 Å². The van der Waals surface area contributed by atoms with Crippen molar-refractivity contribution < 1.29 is 17.9 Å². The second kappa shape index (κ2) is 15.8. The SMILES string of the molecule is C/C=C(\N=C(C(C)CC)C1CCCN1)c1ccc(OCC/C=C\CCC)c(C(F)(F)F)c1.CC. The molecule has 1 aromatic carbocycles. The van der Waals surface area contributed by atoms with Crippen LogP contribution in [0.4, 0.5) is 13.2 Å². The van der Waals surface area contributed by atoms with E-state index in [-0.39, 0.29) is 24.3 Å². The molecule has 2 atom stereocenters. The Bertz CT molecular complexity index is 806. The molecule has 6 heteroatoms. The number of nitrogens with zero attached hydrogens (tertiary/aromatic N) is 1. The number of unbranched alkanes of at least 4 members (excludes halogenated alkanes) is 1. The minimum atomic E-state index is -4.50. The number of benzene rings is 1. The molecule has 0 aliphatic carbocycles. The standard InChI is InChI=1S/C26H37F3N2O.C2H6/c1-5-8-9-10-11-17-32-24-15-14-20(18-21(24)26(27,28)29)22(7-3)31-25(19(4)6-2)23-13-12-16-30-23;1-2/h7,9-10,14-15,18-19,23,30H,5-6,8,11-13,16-17H2,1-4H3;1-2H3/b10-9-,22-7-,31-25?;. The van der Waals surface area contributed by atoms with Crippen molar-refractivity contribution in [1.82, 2.24) is 5.32 Å². The van der Waals surface area contributed by atoms with Gasteiger partial charge in [0.2, 0.25) is 0 Å². The Kier molecular flexibility index (Phi) is 13.9. The van der Waals surface area contributed by atoms with E-state index in [0.29, 0.717) is 17.7 Å². The summed E-state index contributed by atoms with van der Waals surface area (Å²) < 4.78 is 46.9. The third kappa shape index (κ3) is 9.28. The van der Waals surface area contributed by atoms with Crippen LogP contribution >= 0.6 is 0 Å². The highest BCUT2D eigenvalue weighted by Crippen LogP contribution is 2.38. The van der Waals surface area contributed by atoms with Gasteiger partial charge in [0, 0.05) is 17.3 Å². The van der Waals surface area contributed by atoms with Gasteiger partial charge in [0.05, 0.1) is 17.9 Å². The van der Waals surface area contributed by atoms with E-state index >= 15 is 0 Å². The summed E-state index contributed by atoms with van der Waals surface area (Å²) in [7, 11) is 0. The van der Waals surface area contributed by atoms with E-state index in [1.807, 2.05) is 32.9 Å². The monoisotopic (exact) mass is 480 g/mol. The Morgan fingerprint density at radius 2 is 1.91 bits per heavy atom. The quantitative estimate of drug-likeness (QED) is 0.196. The Hall–Kier alpha value is -2.08. The van der Waals surface area contributed by atoms with E-state index in [1.165, 1.54) is 6.07 Å². The van der Waals surface area contributed by atoms with E-state index in [9.17, 15) is 13.2 Å². The maximum atomic E-state index is 13.8. The molecule has 1 aromatic rings. The van der Waals surface area contributed by atoms with Crippen molar-refractivity contribution in [3.63, 3.8) is 0 Å². The molecule has 0 bridgehead atoms. The van der Waals surface area contributed by atoms with Crippen molar-refractivity contribution in [2.75, 3.05) is 13.2 Å². The summed E-state index contributed by atoms with van der Waals surface area (Å²) in [6, 6.07) is 4.44. The zero-order chi connectivity index (χ0) is 25.6. The van der Waals surface area contributed by atoms with Crippen LogP contribution in [0.2, 0.25) is 0 Å². The molecule has 0 aromatic heterocycles. The van der Waals surface area contributed by atoms with Crippen LogP contribution in [-0.2, 0) is 6.18 Å². The molecule has 1 aliphatic rings. The van der Waals surface area contributed by atoms with Crippen LogP contribution in [0.5, 0.6) is 5.75 Å². The van der Waals surface area contributed by atoms with Crippen LogP contribution in [-0.4, -0.2) is 24.9 Å². The molecule has 1 fully saturated rings. The van der Waals surface area contributed by atoms with Gasteiger partial charge in [-0.15, -0.1) is 0 Å². The van der Waals surface area contributed by atoms with Crippen molar-refractivity contribution in [2.24, 2.45) is 10.9 Å². The molecule has 0 amide bonds. The summed E-state index contributed by atoms with van der Waals surface area (Å²) in [5.41, 5.74) is 1.28. The lowest BCUT2D eigenvalue weighted by atomic mass is 9.95. The molecule has 34 heavy (non-hydrogen) atoms. The molecule has 2 rings (SSSR count). The molecule has 0 spiro atoms. The van der Waals surface area contributed by atoms with Gasteiger partial charge in [-0.25, -0.2) is 0 Å². The van der Waals surface area contributed by atoms with Crippen LogP contribution < -0.4 is 10.1 Å². The first kappa shape index (κ1) is 30.0. The fourth-order valence-corrected chi connectivity index (χ4v) is 3.79. The molecule has 1 aliphatic heterocycles. The van der Waals surface area contributed by atoms with E-state index in [1.54, 1.807) is 12.1 Å². The molecule has 0 saturated carbocycles. The maximum absolute atomic E-state index is 13.8. The number of hydrogen-bond donors (Lipinski definition) is 1. The first-order chi connectivity index (χ1) is 16.3. The van der Waals surface area contributed by atoms with Gasteiger partial charge in [-0.1, -0.05) is 59.3 Å². The number of aliphatic imine (C=N–C) groups is 1. The van der Waals surface area contributed by atoms with Gasteiger partial charge in [-0.05, 0) is 69.7 Å². The predicted molar refractivity (Wildman–Crippen MR) is 139 cm³/mol. The maximum Gasteiger partial charge on any atom is 0.419 e. The van der Waals surface area contributed by atoms with Gasteiger partial charge < -0.3 is 10.1 Å². The van der Waals surface area contributed by atoms with Crippen molar-refractivity contribution in [1.29, 1.82) is 0 Å². The minimum absolute atomic E-state index is 0.135. The number of nitrogens with one attached hydrogen (secondary N) is 1. The molecule has 3 nitrogen and oxygen atoms in total. The Balaban J connectivity index is 0.00000281. The van der Waals surface area contributed by atoms with Crippen LogP contribution in [0.1, 0.15) is 91.2 Å². The molecule has 2 unspecified atom stereocenters. The predicted octanol–water partition coefficient (Wildman–Crippen LogP) is 8.46. The molecule has 1 N–H and O–H groups in total. The van der Waals surface area contributed by atoms with E-state index < -0.39 is 11.7 Å². The van der Waals surface area contributed by atoms with Gasteiger partial charge in [0.15, 0.2) is 0 Å². The zero-order valence-corrected chi connectivity index (χ0v) is 21.8. The van der Waals surface area contributed by atoms with Crippen molar-refractivity contribution in [3.05, 3.63) is 47.6 Å². The average Bonchev–Trinajstić information content (AvgIpc) is 3.37. The summed E-state index contributed by atoms with van der Waals surface area (Å²) in [6.45, 7) is 13.3. The number of allylic oxidation sites excluding steroid dienone is 2. The molecular weight excluding hydrogens is 437 g/mol. The molecule has 0 radical (unpaired) electrons. The Labute approximate surface area is 204 Å². The second-order valence-corrected chi connectivity index (χ2v) is 8.27. The molecular formula is C28H43F3N2O. The third-order valence-electron chi connectivity index (χ3n) is 5.80. The van der Waals surface area contributed by atoms with Gasteiger partial charge in [-0.3, -0.25) is 4.99 Å². The molecule has 1 heterocycles. The lowest BCUT2D eigenvalue weighted by Gasteiger charge is -2.21. The smallest absolute Gasteiger partial charge is 0.419 e. The van der Waals surface area contributed by atoms with Crippen LogP contribution in [0.15, 0.2) is 41.4 Å². The number of ether oxygens (including phenoxy) is 1. The zero-order valence-electron chi connectivity index (χ0n) is 21.8. The van der Waals surface area contributed by atoms with Crippen molar-refractivity contribution in [3.8, 4) is 5.75 Å². The van der Waals surface area contributed by atoms with Gasteiger partial charge in [0.25, 0.3) is 0 Å². The van der Waals surface area contributed by atoms with E-state index in [0.717, 1.165) is 50.4 Å². The number of hydrogen-bond acceptors (Lipinski definition) is 3. The summed E-state index contributed by atoms with van der Waals surface area (Å²) in [6.07, 6.45) is 6.87. The Morgan fingerprint density at radius 1 is 1.21 bits per heavy atom. The topological polar surface area (TPSA) is 33.6 Å².